The Morgan fingerprint density at radius 2 is 1.80 bits per heavy atom. The van der Waals surface area contributed by atoms with Crippen molar-refractivity contribution in [3.05, 3.63) is 0 Å². The van der Waals surface area contributed by atoms with E-state index in [1.54, 1.807) is 0 Å². The van der Waals surface area contributed by atoms with Gasteiger partial charge < -0.3 is 10.2 Å². The van der Waals surface area contributed by atoms with Crippen molar-refractivity contribution in [2.45, 2.75) is 45.7 Å². The quantitative estimate of drug-likeness (QED) is 0.858. The second-order valence-corrected chi connectivity index (χ2v) is 7.15. The molecule has 20 heavy (non-hydrogen) atoms. The summed E-state index contributed by atoms with van der Waals surface area (Å²) in [5.41, 5.74) is 0.0842. The van der Waals surface area contributed by atoms with Gasteiger partial charge in [0.15, 0.2) is 0 Å². The summed E-state index contributed by atoms with van der Waals surface area (Å²) < 4.78 is 38.6. The zero-order valence-corrected chi connectivity index (χ0v) is 12.6. The second kappa shape index (κ2) is 6.22. The van der Waals surface area contributed by atoms with Crippen molar-refractivity contribution in [3.8, 4) is 0 Å². The van der Waals surface area contributed by atoms with Crippen molar-refractivity contribution < 1.29 is 13.2 Å². The van der Waals surface area contributed by atoms with E-state index in [2.05, 4.69) is 19.2 Å². The van der Waals surface area contributed by atoms with Crippen LogP contribution in [0.1, 0.15) is 39.5 Å². The van der Waals surface area contributed by atoms with E-state index in [0.29, 0.717) is 18.8 Å². The molecule has 2 aliphatic rings. The van der Waals surface area contributed by atoms with E-state index in [1.807, 2.05) is 4.90 Å². The molecular formula is C15H27F3N2. The van der Waals surface area contributed by atoms with Gasteiger partial charge in [-0.2, -0.15) is 13.2 Å². The number of piperidine rings is 2. The highest BCUT2D eigenvalue weighted by molar-refractivity contribution is 4.88. The van der Waals surface area contributed by atoms with Gasteiger partial charge >= 0.3 is 6.18 Å². The fourth-order valence-corrected chi connectivity index (χ4v) is 3.69. The van der Waals surface area contributed by atoms with E-state index in [4.69, 9.17) is 0 Å². The SMILES string of the molecule is CC(C)(CN1CCCC(C(F)(F)F)C1)C1CCCNC1. The van der Waals surface area contributed by atoms with Crippen LogP contribution in [0.2, 0.25) is 0 Å². The van der Waals surface area contributed by atoms with Gasteiger partial charge in [-0.1, -0.05) is 13.8 Å². The summed E-state index contributed by atoms with van der Waals surface area (Å²) in [5.74, 6) is -0.556. The highest BCUT2D eigenvalue weighted by Gasteiger charge is 2.43. The third-order valence-corrected chi connectivity index (χ3v) is 5.00. The normalized spacial score (nSPS) is 30.4. The van der Waals surface area contributed by atoms with Crippen molar-refractivity contribution >= 4 is 0 Å². The molecule has 2 aliphatic heterocycles. The van der Waals surface area contributed by atoms with Crippen LogP contribution in [0.5, 0.6) is 0 Å². The number of alkyl halides is 3. The van der Waals surface area contributed by atoms with E-state index >= 15 is 0 Å². The van der Waals surface area contributed by atoms with Crippen LogP contribution < -0.4 is 5.32 Å². The molecule has 0 spiro atoms. The number of rotatable bonds is 3. The number of halogens is 3. The topological polar surface area (TPSA) is 15.3 Å². The van der Waals surface area contributed by atoms with Crippen molar-refractivity contribution in [2.75, 3.05) is 32.7 Å². The fraction of sp³-hybridized carbons (Fsp3) is 1.00. The summed E-state index contributed by atoms with van der Waals surface area (Å²) >= 11 is 0. The lowest BCUT2D eigenvalue weighted by atomic mass is 9.74. The smallest absolute Gasteiger partial charge is 0.316 e. The molecule has 2 fully saturated rings. The van der Waals surface area contributed by atoms with Gasteiger partial charge in [0.05, 0.1) is 5.92 Å². The number of hydrogen-bond acceptors (Lipinski definition) is 2. The molecule has 0 aromatic heterocycles. The first kappa shape index (κ1) is 16.1. The van der Waals surface area contributed by atoms with E-state index in [0.717, 1.165) is 26.2 Å². The summed E-state index contributed by atoms with van der Waals surface area (Å²) in [6, 6.07) is 0. The minimum absolute atomic E-state index is 0.0842. The van der Waals surface area contributed by atoms with Crippen LogP contribution in [-0.2, 0) is 0 Å². The van der Waals surface area contributed by atoms with Gasteiger partial charge in [-0.3, -0.25) is 0 Å². The first-order valence-electron chi connectivity index (χ1n) is 7.79. The van der Waals surface area contributed by atoms with Gasteiger partial charge in [0.2, 0.25) is 0 Å². The molecule has 2 saturated heterocycles. The predicted molar refractivity (Wildman–Crippen MR) is 74.6 cm³/mol. The summed E-state index contributed by atoms with van der Waals surface area (Å²) in [4.78, 5) is 2.04. The van der Waals surface area contributed by atoms with Crippen LogP contribution in [0, 0.1) is 17.3 Å². The highest BCUT2D eigenvalue weighted by Crippen LogP contribution is 2.37. The maximum Gasteiger partial charge on any atom is 0.393 e. The first-order valence-corrected chi connectivity index (χ1v) is 7.79. The summed E-state index contributed by atoms with van der Waals surface area (Å²) in [6.07, 6.45) is -0.695. The predicted octanol–water partition coefficient (Wildman–Crippen LogP) is 3.29. The molecule has 0 aromatic carbocycles. The van der Waals surface area contributed by atoms with Gasteiger partial charge in [-0.25, -0.2) is 0 Å². The number of nitrogens with zero attached hydrogens (tertiary/aromatic N) is 1. The third-order valence-electron chi connectivity index (χ3n) is 5.00. The molecule has 0 amide bonds. The monoisotopic (exact) mass is 292 g/mol. The molecule has 0 aromatic rings. The maximum absolute atomic E-state index is 12.9. The van der Waals surface area contributed by atoms with Crippen molar-refractivity contribution in [2.24, 2.45) is 17.3 Å². The molecule has 2 atom stereocenters. The average Bonchev–Trinajstić information content (AvgIpc) is 2.38. The molecule has 118 valence electrons. The van der Waals surface area contributed by atoms with Crippen LogP contribution in [0.3, 0.4) is 0 Å². The summed E-state index contributed by atoms with van der Waals surface area (Å²) in [5, 5.41) is 3.41. The number of hydrogen-bond donors (Lipinski definition) is 1. The largest absolute Gasteiger partial charge is 0.393 e. The van der Waals surface area contributed by atoms with Crippen molar-refractivity contribution in [3.63, 3.8) is 0 Å². The van der Waals surface area contributed by atoms with Gasteiger partial charge in [0.1, 0.15) is 0 Å². The molecule has 1 N–H and O–H groups in total. The molecule has 2 heterocycles. The Bertz CT molecular complexity index is 309. The van der Waals surface area contributed by atoms with Crippen LogP contribution in [0.15, 0.2) is 0 Å². The van der Waals surface area contributed by atoms with E-state index in [9.17, 15) is 13.2 Å². The molecule has 0 saturated carbocycles. The molecule has 0 aliphatic carbocycles. The van der Waals surface area contributed by atoms with Crippen LogP contribution >= 0.6 is 0 Å². The second-order valence-electron chi connectivity index (χ2n) is 7.15. The Hall–Kier alpha value is -0.290. The minimum atomic E-state index is -4.03. The Morgan fingerprint density at radius 3 is 2.40 bits per heavy atom. The van der Waals surface area contributed by atoms with Gasteiger partial charge in [-0.05, 0) is 56.7 Å². The zero-order valence-electron chi connectivity index (χ0n) is 12.6. The Balaban J connectivity index is 1.91. The van der Waals surface area contributed by atoms with Gasteiger partial charge in [-0.15, -0.1) is 0 Å². The summed E-state index contributed by atoms with van der Waals surface area (Å²) in [7, 11) is 0. The van der Waals surface area contributed by atoms with E-state index < -0.39 is 12.1 Å². The summed E-state index contributed by atoms with van der Waals surface area (Å²) in [6.45, 7) is 8.29. The van der Waals surface area contributed by atoms with Gasteiger partial charge in [0, 0.05) is 13.1 Å². The number of nitrogens with one attached hydrogen (secondary N) is 1. The van der Waals surface area contributed by atoms with E-state index in [1.165, 1.54) is 12.8 Å². The third kappa shape index (κ3) is 4.10. The zero-order chi connectivity index (χ0) is 14.8. The molecule has 5 heteroatoms. The minimum Gasteiger partial charge on any atom is -0.316 e. The molecule has 2 unspecified atom stereocenters. The lowest BCUT2D eigenvalue weighted by Gasteiger charge is -2.43. The molecule has 0 bridgehead atoms. The lowest BCUT2D eigenvalue weighted by Crippen LogP contribution is -2.49. The standard InChI is InChI=1S/C15H27F3N2/c1-14(2,12-5-3-7-19-9-12)11-20-8-4-6-13(10-20)15(16,17)18/h12-13,19H,3-11H2,1-2H3. The highest BCUT2D eigenvalue weighted by atomic mass is 19.4. The van der Waals surface area contributed by atoms with Gasteiger partial charge in [0.25, 0.3) is 0 Å². The van der Waals surface area contributed by atoms with E-state index in [-0.39, 0.29) is 12.0 Å². The lowest BCUT2D eigenvalue weighted by molar-refractivity contribution is -0.188. The first-order chi connectivity index (χ1) is 9.29. The molecule has 2 nitrogen and oxygen atoms in total. The molecule has 0 radical (unpaired) electrons. The Morgan fingerprint density at radius 1 is 1.10 bits per heavy atom. The van der Waals surface area contributed by atoms with Crippen LogP contribution in [-0.4, -0.2) is 43.8 Å². The Kier molecular flexibility index (Phi) is 5.00. The molecule has 2 rings (SSSR count). The molecular weight excluding hydrogens is 265 g/mol. The Labute approximate surface area is 120 Å². The number of likely N-dealkylation sites (tertiary alicyclic amines) is 1. The average molecular weight is 292 g/mol. The fourth-order valence-electron chi connectivity index (χ4n) is 3.69. The van der Waals surface area contributed by atoms with Crippen LogP contribution in [0.25, 0.3) is 0 Å². The van der Waals surface area contributed by atoms with Crippen LogP contribution in [0.4, 0.5) is 13.2 Å². The van der Waals surface area contributed by atoms with Crippen molar-refractivity contribution in [1.82, 2.24) is 10.2 Å². The maximum atomic E-state index is 12.9. The van der Waals surface area contributed by atoms with Crippen molar-refractivity contribution in [1.29, 1.82) is 0 Å².